The minimum Gasteiger partial charge on any atom is -0.496 e. The van der Waals surface area contributed by atoms with Crippen LogP contribution in [0.3, 0.4) is 0 Å². The van der Waals surface area contributed by atoms with E-state index in [1.807, 2.05) is 41.0 Å². The summed E-state index contributed by atoms with van der Waals surface area (Å²) in [6.45, 7) is 4.45. The van der Waals surface area contributed by atoms with Crippen molar-refractivity contribution in [3.05, 3.63) is 46.2 Å². The minimum absolute atomic E-state index is 0.0774. The van der Waals surface area contributed by atoms with Gasteiger partial charge in [-0.3, -0.25) is 9.78 Å². The fourth-order valence-corrected chi connectivity index (χ4v) is 4.17. The van der Waals surface area contributed by atoms with Gasteiger partial charge in [0, 0.05) is 25.7 Å². The van der Waals surface area contributed by atoms with Crippen molar-refractivity contribution in [3.8, 4) is 5.75 Å². The molecular weight excluding hydrogens is 375 g/mol. The Morgan fingerprint density at radius 1 is 1.34 bits per heavy atom. The molecule has 8 heteroatoms. The average molecular weight is 402 g/mol. The normalized spacial score (nSPS) is 24.7. The molecule has 3 atom stereocenters. The Morgan fingerprint density at radius 2 is 2.17 bits per heavy atom. The molecular formula is C21H27FN4O3. The van der Waals surface area contributed by atoms with Gasteiger partial charge in [0.25, 0.3) is 5.56 Å². The van der Waals surface area contributed by atoms with Gasteiger partial charge in [-0.25, -0.2) is 4.39 Å². The van der Waals surface area contributed by atoms with Gasteiger partial charge in [-0.15, -0.1) is 0 Å². The summed E-state index contributed by atoms with van der Waals surface area (Å²) in [5, 5.41) is 0. The molecule has 2 aliphatic rings. The van der Waals surface area contributed by atoms with Crippen molar-refractivity contribution in [3.63, 3.8) is 0 Å². The summed E-state index contributed by atoms with van der Waals surface area (Å²) in [7, 11) is 1.62. The highest BCUT2D eigenvalue weighted by molar-refractivity contribution is 5.46. The van der Waals surface area contributed by atoms with E-state index in [1.165, 1.54) is 6.07 Å². The van der Waals surface area contributed by atoms with Gasteiger partial charge in [0.1, 0.15) is 17.7 Å². The van der Waals surface area contributed by atoms with Crippen molar-refractivity contribution in [2.45, 2.75) is 38.1 Å². The largest absolute Gasteiger partial charge is 0.496 e. The van der Waals surface area contributed by atoms with Crippen LogP contribution >= 0.6 is 0 Å². The molecule has 1 aromatic heterocycles. The van der Waals surface area contributed by atoms with E-state index in [-0.39, 0.29) is 11.7 Å². The molecule has 4 rings (SSSR count). The number of nitrogens with zero attached hydrogens (tertiary/aromatic N) is 3. The van der Waals surface area contributed by atoms with E-state index >= 15 is 0 Å². The number of ether oxygens (including phenoxy) is 2. The van der Waals surface area contributed by atoms with Gasteiger partial charge in [0.15, 0.2) is 0 Å². The van der Waals surface area contributed by atoms with E-state index in [2.05, 4.69) is 9.97 Å². The van der Waals surface area contributed by atoms with E-state index < -0.39 is 12.2 Å². The average Bonchev–Trinajstić information content (AvgIpc) is 3.08. The predicted molar refractivity (Wildman–Crippen MR) is 110 cm³/mol. The summed E-state index contributed by atoms with van der Waals surface area (Å²) < 4.78 is 25.8. The number of anilines is 2. The van der Waals surface area contributed by atoms with Gasteiger partial charge >= 0.3 is 0 Å². The van der Waals surface area contributed by atoms with Gasteiger partial charge in [0.2, 0.25) is 5.95 Å². The highest BCUT2D eigenvalue weighted by atomic mass is 19.1. The summed E-state index contributed by atoms with van der Waals surface area (Å²) in [4.78, 5) is 23.8. The number of hydrogen-bond donors (Lipinski definition) is 1. The molecule has 156 valence electrons. The van der Waals surface area contributed by atoms with Crippen LogP contribution in [0.25, 0.3) is 0 Å². The van der Waals surface area contributed by atoms with Crippen LogP contribution in [0.15, 0.2) is 35.1 Å². The number of aromatic amines is 1. The molecule has 1 aromatic carbocycles. The zero-order valence-corrected chi connectivity index (χ0v) is 16.8. The second-order valence-electron chi connectivity index (χ2n) is 7.64. The third-order valence-electron chi connectivity index (χ3n) is 5.64. The van der Waals surface area contributed by atoms with Gasteiger partial charge < -0.3 is 19.3 Å². The Balaban J connectivity index is 1.61. The van der Waals surface area contributed by atoms with Gasteiger partial charge in [-0.05, 0) is 31.4 Å². The number of benzene rings is 1. The number of rotatable bonds is 5. The summed E-state index contributed by atoms with van der Waals surface area (Å²) in [5.41, 5.74) is 0.706. The summed E-state index contributed by atoms with van der Waals surface area (Å²) in [6, 6.07) is 8.73. The molecule has 1 N–H and O–H groups in total. The fourth-order valence-electron chi connectivity index (χ4n) is 4.17. The van der Waals surface area contributed by atoms with Crippen molar-refractivity contribution in [1.82, 2.24) is 9.97 Å². The zero-order valence-electron chi connectivity index (χ0n) is 16.8. The van der Waals surface area contributed by atoms with Crippen molar-refractivity contribution in [2.75, 3.05) is 43.2 Å². The van der Waals surface area contributed by atoms with E-state index in [0.29, 0.717) is 50.8 Å². The number of H-pyrrole nitrogens is 1. The Bertz CT molecular complexity index is 905. The maximum Gasteiger partial charge on any atom is 0.254 e. The molecule has 2 aliphatic heterocycles. The second-order valence-corrected chi connectivity index (χ2v) is 7.64. The van der Waals surface area contributed by atoms with Crippen LogP contribution < -0.4 is 20.1 Å². The van der Waals surface area contributed by atoms with Crippen molar-refractivity contribution < 1.29 is 13.9 Å². The third kappa shape index (κ3) is 4.22. The van der Waals surface area contributed by atoms with Gasteiger partial charge in [-0.1, -0.05) is 18.2 Å². The Hall–Kier alpha value is -2.61. The first-order chi connectivity index (χ1) is 14.0. The summed E-state index contributed by atoms with van der Waals surface area (Å²) >= 11 is 0. The maximum absolute atomic E-state index is 14.8. The smallest absolute Gasteiger partial charge is 0.254 e. The van der Waals surface area contributed by atoms with Crippen LogP contribution in [0.5, 0.6) is 5.75 Å². The van der Waals surface area contributed by atoms with Crippen LogP contribution in [0, 0.1) is 0 Å². The maximum atomic E-state index is 14.8. The molecule has 0 amide bonds. The van der Waals surface area contributed by atoms with Crippen molar-refractivity contribution in [1.29, 1.82) is 0 Å². The monoisotopic (exact) mass is 402 g/mol. The summed E-state index contributed by atoms with van der Waals surface area (Å²) in [5.74, 6) is 1.77. The van der Waals surface area contributed by atoms with Crippen LogP contribution in [-0.2, 0) is 11.2 Å². The molecule has 2 aromatic rings. The topological polar surface area (TPSA) is 70.7 Å². The van der Waals surface area contributed by atoms with E-state index in [4.69, 9.17) is 9.47 Å². The lowest BCUT2D eigenvalue weighted by atomic mass is 10.0. The molecule has 29 heavy (non-hydrogen) atoms. The highest BCUT2D eigenvalue weighted by Gasteiger charge is 2.36. The lowest BCUT2D eigenvalue weighted by Crippen LogP contribution is -2.43. The Labute approximate surface area is 169 Å². The van der Waals surface area contributed by atoms with E-state index in [9.17, 15) is 9.18 Å². The fraction of sp³-hybridized carbons (Fsp3) is 0.524. The third-order valence-corrected chi connectivity index (χ3v) is 5.64. The molecule has 2 saturated heterocycles. The lowest BCUT2D eigenvalue weighted by Gasteiger charge is -2.33. The molecule has 0 saturated carbocycles. The molecule has 0 spiro atoms. The number of para-hydroxylation sites is 1. The number of halogens is 1. The van der Waals surface area contributed by atoms with Gasteiger partial charge in [-0.2, -0.15) is 4.98 Å². The Morgan fingerprint density at radius 3 is 2.97 bits per heavy atom. The summed E-state index contributed by atoms with van der Waals surface area (Å²) in [6.07, 6.45) is -0.0402. The van der Waals surface area contributed by atoms with Gasteiger partial charge in [0.05, 0.1) is 25.9 Å². The minimum atomic E-state index is -1.00. The molecule has 7 nitrogen and oxygen atoms in total. The molecule has 1 unspecified atom stereocenters. The SMILES string of the molecule is COc1ccccc1C[C@H]1[C@@H](F)CCN1c1nc(N2CCOC(C)C2)cc(=O)[nH]1. The van der Waals surface area contributed by atoms with E-state index in [1.54, 1.807) is 7.11 Å². The van der Waals surface area contributed by atoms with E-state index in [0.717, 1.165) is 11.3 Å². The number of alkyl halides is 1. The number of methoxy groups -OCH3 is 1. The molecule has 0 radical (unpaired) electrons. The number of aromatic nitrogens is 2. The first-order valence-corrected chi connectivity index (χ1v) is 10.1. The lowest BCUT2D eigenvalue weighted by molar-refractivity contribution is 0.0529. The van der Waals surface area contributed by atoms with Crippen molar-refractivity contribution in [2.24, 2.45) is 0 Å². The molecule has 0 bridgehead atoms. The van der Waals surface area contributed by atoms with Crippen LogP contribution in [0.1, 0.15) is 18.9 Å². The van der Waals surface area contributed by atoms with Crippen LogP contribution in [-0.4, -0.2) is 61.6 Å². The number of nitrogens with one attached hydrogen (secondary N) is 1. The molecule has 3 heterocycles. The first-order valence-electron chi connectivity index (χ1n) is 10.1. The quantitative estimate of drug-likeness (QED) is 0.827. The molecule has 2 fully saturated rings. The number of hydrogen-bond acceptors (Lipinski definition) is 6. The molecule has 0 aliphatic carbocycles. The Kier molecular flexibility index (Phi) is 5.71. The number of morpholine rings is 1. The van der Waals surface area contributed by atoms with Crippen LogP contribution in [0.2, 0.25) is 0 Å². The first kappa shape index (κ1) is 19.7. The second kappa shape index (κ2) is 8.41. The predicted octanol–water partition coefficient (Wildman–Crippen LogP) is 2.16. The standard InChI is InChI=1S/C21H27FN4O3/c1-14-13-25(9-10-29-14)19-12-20(27)24-21(23-19)26-8-7-16(22)17(26)11-15-5-3-4-6-18(15)28-2/h3-6,12,14,16-17H,7-11,13H2,1-2H3,(H,23,24,27)/t14?,16-,17-/m0/s1. The van der Waals surface area contributed by atoms with Crippen LogP contribution in [0.4, 0.5) is 16.2 Å². The highest BCUT2D eigenvalue weighted by Crippen LogP contribution is 2.30. The van der Waals surface area contributed by atoms with Crippen molar-refractivity contribution >= 4 is 11.8 Å². The zero-order chi connectivity index (χ0) is 20.4.